The number of alkyl halides is 3. The van der Waals surface area contributed by atoms with Crippen molar-refractivity contribution < 1.29 is 17.6 Å². The summed E-state index contributed by atoms with van der Waals surface area (Å²) in [5.74, 6) is -0.877. The fraction of sp³-hybridized carbons (Fsp3) is 0.357. The summed E-state index contributed by atoms with van der Waals surface area (Å²) in [5.41, 5.74) is -1.03. The normalized spacial score (nSPS) is 11.5. The van der Waals surface area contributed by atoms with Gasteiger partial charge >= 0.3 is 6.18 Å². The summed E-state index contributed by atoms with van der Waals surface area (Å²) in [5, 5.41) is 0. The minimum absolute atomic E-state index is 0.0920. The van der Waals surface area contributed by atoms with Gasteiger partial charge in [0.2, 0.25) is 0 Å². The first kappa shape index (κ1) is 16.1. The number of aromatic nitrogens is 3. The summed E-state index contributed by atoms with van der Waals surface area (Å²) in [4.78, 5) is 12.6. The molecule has 0 aliphatic rings. The van der Waals surface area contributed by atoms with Crippen molar-refractivity contribution in [1.82, 2.24) is 15.0 Å². The van der Waals surface area contributed by atoms with Gasteiger partial charge in [0.25, 0.3) is 0 Å². The third kappa shape index (κ3) is 3.32. The molecule has 2 heterocycles. The Balaban J connectivity index is 2.57. The van der Waals surface area contributed by atoms with Gasteiger partial charge in [-0.2, -0.15) is 13.2 Å². The fourth-order valence-electron chi connectivity index (χ4n) is 2.05. The Morgan fingerprint density at radius 3 is 2.32 bits per heavy atom. The molecule has 0 aliphatic heterocycles. The van der Waals surface area contributed by atoms with Crippen LogP contribution in [0.5, 0.6) is 0 Å². The molecule has 0 atom stereocenters. The van der Waals surface area contributed by atoms with Crippen LogP contribution in [0.1, 0.15) is 19.5 Å². The predicted octanol–water partition coefficient (Wildman–Crippen LogP) is 3.54. The van der Waals surface area contributed by atoms with Crippen molar-refractivity contribution in [1.29, 1.82) is 0 Å². The molecule has 118 valence electrons. The second-order valence-electron chi connectivity index (χ2n) is 4.49. The van der Waals surface area contributed by atoms with Crippen LogP contribution in [0.4, 0.5) is 23.2 Å². The second-order valence-corrected chi connectivity index (χ2v) is 4.49. The van der Waals surface area contributed by atoms with Crippen LogP contribution in [-0.2, 0) is 6.18 Å². The summed E-state index contributed by atoms with van der Waals surface area (Å²) < 4.78 is 52.9. The first-order valence-corrected chi connectivity index (χ1v) is 6.66. The summed E-state index contributed by atoms with van der Waals surface area (Å²) in [6.45, 7) is 4.27. The maximum atomic E-state index is 13.2. The van der Waals surface area contributed by atoms with Crippen LogP contribution in [-0.4, -0.2) is 28.0 Å². The van der Waals surface area contributed by atoms with Gasteiger partial charge in [-0.25, -0.2) is 14.4 Å². The van der Waals surface area contributed by atoms with Gasteiger partial charge in [0, 0.05) is 24.8 Å². The molecule has 0 aliphatic carbocycles. The average Bonchev–Trinajstić information content (AvgIpc) is 2.47. The molecule has 2 aromatic heterocycles. The highest BCUT2D eigenvalue weighted by Crippen LogP contribution is 2.35. The molecule has 0 spiro atoms. The van der Waals surface area contributed by atoms with Crippen LogP contribution in [0.3, 0.4) is 0 Å². The van der Waals surface area contributed by atoms with Gasteiger partial charge in [0.05, 0.1) is 18.1 Å². The molecule has 0 bridgehead atoms. The highest BCUT2D eigenvalue weighted by atomic mass is 19.4. The molecule has 0 N–H and O–H groups in total. The van der Waals surface area contributed by atoms with E-state index in [-0.39, 0.29) is 17.1 Å². The molecule has 0 aromatic carbocycles. The van der Waals surface area contributed by atoms with E-state index >= 15 is 0 Å². The van der Waals surface area contributed by atoms with Gasteiger partial charge in [-0.1, -0.05) is 0 Å². The number of rotatable bonds is 4. The van der Waals surface area contributed by atoms with Crippen molar-refractivity contribution in [2.75, 3.05) is 18.0 Å². The van der Waals surface area contributed by atoms with Crippen LogP contribution in [0.15, 0.2) is 24.7 Å². The van der Waals surface area contributed by atoms with Gasteiger partial charge in [0.15, 0.2) is 11.5 Å². The van der Waals surface area contributed by atoms with E-state index in [9.17, 15) is 17.6 Å². The Bertz CT molecular complexity index is 654. The quantitative estimate of drug-likeness (QED) is 0.810. The maximum absolute atomic E-state index is 13.2. The fourth-order valence-corrected chi connectivity index (χ4v) is 2.05. The Kier molecular flexibility index (Phi) is 4.58. The van der Waals surface area contributed by atoms with Crippen LogP contribution >= 0.6 is 0 Å². The zero-order chi connectivity index (χ0) is 16.3. The first-order chi connectivity index (χ1) is 10.4. The van der Waals surface area contributed by atoms with Crippen LogP contribution in [0.2, 0.25) is 0 Å². The Morgan fingerprint density at radius 1 is 1.09 bits per heavy atom. The topological polar surface area (TPSA) is 41.9 Å². The first-order valence-electron chi connectivity index (χ1n) is 6.66. The minimum Gasteiger partial charge on any atom is -0.369 e. The zero-order valence-corrected chi connectivity index (χ0v) is 12.0. The summed E-state index contributed by atoms with van der Waals surface area (Å²) >= 11 is 0. The molecular weight excluding hydrogens is 300 g/mol. The Labute approximate surface area is 124 Å². The summed E-state index contributed by atoms with van der Waals surface area (Å²) in [6.07, 6.45) is -1.34. The van der Waals surface area contributed by atoms with Gasteiger partial charge in [-0.3, -0.25) is 4.98 Å². The van der Waals surface area contributed by atoms with Crippen molar-refractivity contribution >= 4 is 5.69 Å². The monoisotopic (exact) mass is 314 g/mol. The highest BCUT2D eigenvalue weighted by Gasteiger charge is 2.37. The molecule has 2 aromatic rings. The summed E-state index contributed by atoms with van der Waals surface area (Å²) in [7, 11) is 0. The molecule has 0 amide bonds. The minimum atomic E-state index is -4.63. The van der Waals surface area contributed by atoms with Crippen molar-refractivity contribution in [3.05, 3.63) is 36.2 Å². The van der Waals surface area contributed by atoms with E-state index in [0.29, 0.717) is 13.1 Å². The van der Waals surface area contributed by atoms with E-state index in [1.807, 2.05) is 0 Å². The molecule has 2 rings (SSSR count). The van der Waals surface area contributed by atoms with Crippen molar-refractivity contribution in [2.24, 2.45) is 0 Å². The summed E-state index contributed by atoms with van der Waals surface area (Å²) in [6, 6.07) is 1.04. The number of nitrogens with zero attached hydrogens (tertiary/aromatic N) is 4. The van der Waals surface area contributed by atoms with Crippen molar-refractivity contribution in [2.45, 2.75) is 20.0 Å². The van der Waals surface area contributed by atoms with E-state index in [2.05, 4.69) is 15.0 Å². The lowest BCUT2D eigenvalue weighted by Gasteiger charge is -2.24. The lowest BCUT2D eigenvalue weighted by atomic mass is 10.2. The molecular formula is C14H14F4N4. The number of hydrogen-bond donors (Lipinski definition) is 0. The lowest BCUT2D eigenvalue weighted by Crippen LogP contribution is -2.26. The van der Waals surface area contributed by atoms with Crippen LogP contribution < -0.4 is 4.90 Å². The standard InChI is InChI=1S/C14H14F4N4/c1-3-22(4-2)11-8-20-13(21-12(11)14(16,17)18)9-5-10(15)7-19-6-9/h5-8H,3-4H2,1-2H3. The SMILES string of the molecule is CCN(CC)c1cnc(-c2cncc(F)c2)nc1C(F)(F)F. The average molecular weight is 314 g/mol. The van der Waals surface area contributed by atoms with Crippen LogP contribution in [0.25, 0.3) is 11.4 Å². The van der Waals surface area contributed by atoms with Gasteiger partial charge < -0.3 is 4.90 Å². The molecule has 8 heteroatoms. The molecule has 0 saturated heterocycles. The van der Waals surface area contributed by atoms with E-state index in [1.54, 1.807) is 13.8 Å². The molecule has 0 saturated carbocycles. The number of pyridine rings is 1. The van der Waals surface area contributed by atoms with Gasteiger partial charge in [-0.15, -0.1) is 0 Å². The van der Waals surface area contributed by atoms with Gasteiger partial charge in [0.1, 0.15) is 5.82 Å². The molecule has 22 heavy (non-hydrogen) atoms. The van der Waals surface area contributed by atoms with Crippen molar-refractivity contribution in [3.8, 4) is 11.4 Å². The lowest BCUT2D eigenvalue weighted by molar-refractivity contribution is -0.140. The van der Waals surface area contributed by atoms with E-state index < -0.39 is 17.7 Å². The number of hydrogen-bond acceptors (Lipinski definition) is 4. The maximum Gasteiger partial charge on any atom is 0.435 e. The van der Waals surface area contributed by atoms with E-state index in [1.165, 1.54) is 11.1 Å². The number of halogens is 4. The zero-order valence-electron chi connectivity index (χ0n) is 12.0. The second kappa shape index (κ2) is 6.25. The van der Waals surface area contributed by atoms with E-state index in [0.717, 1.165) is 18.5 Å². The predicted molar refractivity (Wildman–Crippen MR) is 73.8 cm³/mol. The van der Waals surface area contributed by atoms with Crippen molar-refractivity contribution in [3.63, 3.8) is 0 Å². The molecule has 4 nitrogen and oxygen atoms in total. The number of anilines is 1. The van der Waals surface area contributed by atoms with E-state index in [4.69, 9.17) is 0 Å². The Hall–Kier alpha value is -2.25. The molecule has 0 fully saturated rings. The molecule has 0 radical (unpaired) electrons. The highest BCUT2D eigenvalue weighted by molar-refractivity contribution is 5.58. The Morgan fingerprint density at radius 2 is 1.77 bits per heavy atom. The molecule has 0 unspecified atom stereocenters. The van der Waals surface area contributed by atoms with Crippen LogP contribution in [0, 0.1) is 5.82 Å². The van der Waals surface area contributed by atoms with Gasteiger partial charge in [-0.05, 0) is 19.9 Å². The third-order valence-corrected chi connectivity index (χ3v) is 3.11. The third-order valence-electron chi connectivity index (χ3n) is 3.11. The largest absolute Gasteiger partial charge is 0.435 e. The smallest absolute Gasteiger partial charge is 0.369 e.